The molecule has 0 saturated carbocycles. The van der Waals surface area contributed by atoms with Gasteiger partial charge in [-0.25, -0.2) is 14.8 Å². The zero-order valence-corrected chi connectivity index (χ0v) is 11.2. The fourth-order valence-electron chi connectivity index (χ4n) is 1.87. The molecule has 1 aliphatic heterocycles. The van der Waals surface area contributed by atoms with E-state index >= 15 is 0 Å². The number of aromatic nitrogens is 1. The molecule has 1 aromatic heterocycles. The topological polar surface area (TPSA) is 74.7 Å². The number of ether oxygens (including phenoxy) is 1. The summed E-state index contributed by atoms with van der Waals surface area (Å²) in [6.07, 6.45) is 0. The SMILES string of the molecule is CC(C)c1cc(C(=O)O)cc(NN2CCOCC2)n1. The molecule has 104 valence electrons. The summed E-state index contributed by atoms with van der Waals surface area (Å²) in [5.41, 5.74) is 4.18. The van der Waals surface area contributed by atoms with E-state index < -0.39 is 5.97 Å². The summed E-state index contributed by atoms with van der Waals surface area (Å²) in [6.45, 7) is 6.84. The second-order valence-electron chi connectivity index (χ2n) is 4.84. The van der Waals surface area contributed by atoms with E-state index in [2.05, 4.69) is 10.4 Å². The summed E-state index contributed by atoms with van der Waals surface area (Å²) in [6, 6.07) is 3.18. The van der Waals surface area contributed by atoms with Gasteiger partial charge in [-0.1, -0.05) is 13.8 Å². The predicted molar refractivity (Wildman–Crippen MR) is 71.3 cm³/mol. The monoisotopic (exact) mass is 265 g/mol. The second kappa shape index (κ2) is 5.99. The molecule has 0 aromatic carbocycles. The number of nitrogens with zero attached hydrogens (tertiary/aromatic N) is 2. The van der Waals surface area contributed by atoms with E-state index in [1.807, 2.05) is 18.9 Å². The molecule has 0 bridgehead atoms. The lowest BCUT2D eigenvalue weighted by atomic mass is 10.1. The van der Waals surface area contributed by atoms with E-state index in [-0.39, 0.29) is 11.5 Å². The predicted octanol–water partition coefficient (Wildman–Crippen LogP) is 1.56. The van der Waals surface area contributed by atoms with Gasteiger partial charge in [0.15, 0.2) is 0 Å². The summed E-state index contributed by atoms with van der Waals surface area (Å²) < 4.78 is 5.27. The standard InChI is InChI=1S/C13H19N3O3/c1-9(2)11-7-10(13(17)18)8-12(14-11)15-16-3-5-19-6-4-16/h7-9H,3-6H2,1-2H3,(H,14,15)(H,17,18). The Morgan fingerprint density at radius 3 is 2.68 bits per heavy atom. The summed E-state index contributed by atoms with van der Waals surface area (Å²) in [5, 5.41) is 11.1. The highest BCUT2D eigenvalue weighted by atomic mass is 16.5. The average molecular weight is 265 g/mol. The molecule has 6 nitrogen and oxygen atoms in total. The van der Waals surface area contributed by atoms with Gasteiger partial charge in [0.2, 0.25) is 0 Å². The van der Waals surface area contributed by atoms with Crippen molar-refractivity contribution >= 4 is 11.8 Å². The molecular formula is C13H19N3O3. The number of morpholine rings is 1. The number of carboxylic acid groups (broad SMARTS) is 1. The van der Waals surface area contributed by atoms with Gasteiger partial charge in [-0.2, -0.15) is 0 Å². The van der Waals surface area contributed by atoms with Gasteiger partial charge < -0.3 is 15.3 Å². The quantitative estimate of drug-likeness (QED) is 0.860. The molecule has 0 atom stereocenters. The number of carboxylic acids is 1. The lowest BCUT2D eigenvalue weighted by Crippen LogP contribution is -2.40. The molecule has 2 N–H and O–H groups in total. The first-order valence-electron chi connectivity index (χ1n) is 6.41. The van der Waals surface area contributed by atoms with Gasteiger partial charge in [0.1, 0.15) is 5.82 Å². The van der Waals surface area contributed by atoms with Crippen molar-refractivity contribution in [1.82, 2.24) is 9.99 Å². The van der Waals surface area contributed by atoms with Gasteiger partial charge >= 0.3 is 5.97 Å². The molecule has 0 spiro atoms. The van der Waals surface area contributed by atoms with Crippen LogP contribution in [-0.4, -0.2) is 47.4 Å². The summed E-state index contributed by atoms with van der Waals surface area (Å²) in [7, 11) is 0. The van der Waals surface area contributed by atoms with E-state index in [1.165, 1.54) is 0 Å². The van der Waals surface area contributed by atoms with Crippen molar-refractivity contribution in [3.05, 3.63) is 23.4 Å². The molecule has 2 rings (SSSR count). The average Bonchev–Trinajstić information content (AvgIpc) is 2.39. The molecule has 1 saturated heterocycles. The number of hydrogen-bond donors (Lipinski definition) is 2. The van der Waals surface area contributed by atoms with Crippen LogP contribution in [0.4, 0.5) is 5.82 Å². The van der Waals surface area contributed by atoms with Crippen LogP contribution in [0.15, 0.2) is 12.1 Å². The van der Waals surface area contributed by atoms with Crippen LogP contribution in [0.25, 0.3) is 0 Å². The van der Waals surface area contributed by atoms with Gasteiger partial charge in [-0.15, -0.1) is 0 Å². The van der Waals surface area contributed by atoms with Crippen molar-refractivity contribution in [2.45, 2.75) is 19.8 Å². The van der Waals surface area contributed by atoms with Crippen molar-refractivity contribution in [3.63, 3.8) is 0 Å². The third kappa shape index (κ3) is 3.65. The van der Waals surface area contributed by atoms with Crippen LogP contribution in [0.2, 0.25) is 0 Å². The number of carbonyl (C=O) groups is 1. The van der Waals surface area contributed by atoms with E-state index in [4.69, 9.17) is 9.84 Å². The highest BCUT2D eigenvalue weighted by Gasteiger charge is 2.14. The number of nitrogens with one attached hydrogen (secondary N) is 1. The Labute approximate surface area is 112 Å². The van der Waals surface area contributed by atoms with Crippen molar-refractivity contribution in [3.8, 4) is 0 Å². The molecule has 1 aliphatic rings. The molecule has 1 aromatic rings. The Hall–Kier alpha value is -1.66. The van der Waals surface area contributed by atoms with Crippen LogP contribution in [-0.2, 0) is 4.74 Å². The fourth-order valence-corrected chi connectivity index (χ4v) is 1.87. The summed E-state index contributed by atoms with van der Waals surface area (Å²) in [5.74, 6) is -0.177. The van der Waals surface area contributed by atoms with E-state index in [9.17, 15) is 4.79 Å². The van der Waals surface area contributed by atoms with E-state index in [0.717, 1.165) is 18.8 Å². The lowest BCUT2D eigenvalue weighted by molar-refractivity contribution is 0.0494. The summed E-state index contributed by atoms with van der Waals surface area (Å²) >= 11 is 0. The van der Waals surface area contributed by atoms with Crippen molar-refractivity contribution < 1.29 is 14.6 Å². The Morgan fingerprint density at radius 2 is 2.11 bits per heavy atom. The third-order valence-electron chi connectivity index (χ3n) is 2.97. The van der Waals surface area contributed by atoms with Crippen LogP contribution < -0.4 is 5.43 Å². The van der Waals surface area contributed by atoms with E-state index in [1.54, 1.807) is 12.1 Å². The number of hydrazine groups is 1. The molecule has 19 heavy (non-hydrogen) atoms. The Kier molecular flexibility index (Phi) is 4.34. The lowest BCUT2D eigenvalue weighted by Gasteiger charge is -2.27. The van der Waals surface area contributed by atoms with Crippen molar-refractivity contribution in [2.24, 2.45) is 0 Å². The zero-order chi connectivity index (χ0) is 13.8. The van der Waals surface area contributed by atoms with Gasteiger partial charge in [-0.05, 0) is 18.1 Å². The maximum Gasteiger partial charge on any atom is 0.335 e. The van der Waals surface area contributed by atoms with E-state index in [0.29, 0.717) is 19.0 Å². The minimum Gasteiger partial charge on any atom is -0.478 e. The number of pyridine rings is 1. The molecule has 2 heterocycles. The Bertz CT molecular complexity index is 456. The first-order valence-corrected chi connectivity index (χ1v) is 6.41. The van der Waals surface area contributed by atoms with Gasteiger partial charge in [0.05, 0.1) is 18.8 Å². The molecular weight excluding hydrogens is 246 g/mol. The largest absolute Gasteiger partial charge is 0.478 e. The fraction of sp³-hybridized carbons (Fsp3) is 0.538. The number of anilines is 1. The molecule has 0 aliphatic carbocycles. The maximum absolute atomic E-state index is 11.1. The van der Waals surface area contributed by atoms with Gasteiger partial charge in [0, 0.05) is 18.8 Å². The summed E-state index contributed by atoms with van der Waals surface area (Å²) in [4.78, 5) is 15.6. The maximum atomic E-state index is 11.1. The van der Waals surface area contributed by atoms with Crippen LogP contribution in [0, 0.1) is 0 Å². The van der Waals surface area contributed by atoms with Crippen LogP contribution >= 0.6 is 0 Å². The molecule has 1 fully saturated rings. The first-order chi connectivity index (χ1) is 9.06. The first kappa shape index (κ1) is 13.8. The number of aromatic carboxylic acids is 1. The Balaban J connectivity index is 2.20. The smallest absolute Gasteiger partial charge is 0.335 e. The van der Waals surface area contributed by atoms with Crippen molar-refractivity contribution in [1.29, 1.82) is 0 Å². The molecule has 6 heteroatoms. The zero-order valence-electron chi connectivity index (χ0n) is 11.2. The normalized spacial score (nSPS) is 16.6. The van der Waals surface area contributed by atoms with Crippen LogP contribution in [0.1, 0.15) is 35.8 Å². The van der Waals surface area contributed by atoms with Crippen LogP contribution in [0.5, 0.6) is 0 Å². The molecule has 0 radical (unpaired) electrons. The highest BCUT2D eigenvalue weighted by Crippen LogP contribution is 2.18. The van der Waals surface area contributed by atoms with Crippen LogP contribution in [0.3, 0.4) is 0 Å². The minimum absolute atomic E-state index is 0.185. The van der Waals surface area contributed by atoms with Gasteiger partial charge in [0.25, 0.3) is 0 Å². The third-order valence-corrected chi connectivity index (χ3v) is 2.97. The van der Waals surface area contributed by atoms with Gasteiger partial charge in [-0.3, -0.25) is 0 Å². The molecule has 0 amide bonds. The number of hydrogen-bond acceptors (Lipinski definition) is 5. The highest BCUT2D eigenvalue weighted by molar-refractivity contribution is 5.88. The second-order valence-corrected chi connectivity index (χ2v) is 4.84. The number of rotatable bonds is 4. The Morgan fingerprint density at radius 1 is 1.42 bits per heavy atom. The minimum atomic E-state index is -0.936. The molecule has 0 unspecified atom stereocenters. The van der Waals surface area contributed by atoms with Crippen molar-refractivity contribution in [2.75, 3.05) is 31.7 Å².